The van der Waals surface area contributed by atoms with Gasteiger partial charge in [0.25, 0.3) is 0 Å². The fourth-order valence-electron chi connectivity index (χ4n) is 1.72. The number of anilines is 1. The maximum Gasteiger partial charge on any atom is 0.491 e. The van der Waals surface area contributed by atoms with Crippen LogP contribution < -0.4 is 10.8 Å². The van der Waals surface area contributed by atoms with Gasteiger partial charge in [0.1, 0.15) is 5.82 Å². The van der Waals surface area contributed by atoms with E-state index in [2.05, 4.69) is 5.32 Å². The van der Waals surface area contributed by atoms with E-state index >= 15 is 0 Å². The van der Waals surface area contributed by atoms with E-state index < -0.39 is 12.9 Å². The molecule has 1 aliphatic heterocycles. The Morgan fingerprint density at radius 2 is 2.14 bits per heavy atom. The van der Waals surface area contributed by atoms with Crippen molar-refractivity contribution in [3.05, 3.63) is 23.5 Å². The van der Waals surface area contributed by atoms with Gasteiger partial charge in [-0.3, -0.25) is 0 Å². The molecule has 0 saturated carbocycles. The van der Waals surface area contributed by atoms with Gasteiger partial charge in [0.2, 0.25) is 0 Å². The zero-order chi connectivity index (χ0) is 10.1. The first-order valence-electron chi connectivity index (χ1n) is 4.61. The molecule has 3 nitrogen and oxygen atoms in total. The summed E-state index contributed by atoms with van der Waals surface area (Å²) in [6.45, 7) is 0.731. The molecule has 0 unspecified atom stereocenters. The summed E-state index contributed by atoms with van der Waals surface area (Å²) in [5.41, 5.74) is 1.25. The van der Waals surface area contributed by atoms with Crippen molar-refractivity contribution in [2.45, 2.75) is 12.8 Å². The van der Waals surface area contributed by atoms with E-state index in [-0.39, 0.29) is 5.46 Å². The maximum atomic E-state index is 13.6. The fourth-order valence-corrected chi connectivity index (χ4v) is 1.72. The number of benzene rings is 1. The molecule has 5 heteroatoms. The highest BCUT2D eigenvalue weighted by Gasteiger charge is 2.22. The summed E-state index contributed by atoms with van der Waals surface area (Å²) >= 11 is 0. The predicted octanol–water partition coefficient (Wildman–Crippen LogP) is -0.136. The van der Waals surface area contributed by atoms with Gasteiger partial charge in [0, 0.05) is 12.0 Å². The van der Waals surface area contributed by atoms with Gasteiger partial charge < -0.3 is 15.4 Å². The molecule has 0 aromatic heterocycles. The summed E-state index contributed by atoms with van der Waals surface area (Å²) in [4.78, 5) is 0. The highest BCUT2D eigenvalue weighted by molar-refractivity contribution is 6.58. The summed E-state index contributed by atoms with van der Waals surface area (Å²) < 4.78 is 13.6. The lowest BCUT2D eigenvalue weighted by molar-refractivity contribution is 0.423. The van der Waals surface area contributed by atoms with Crippen LogP contribution in [0.2, 0.25) is 0 Å². The van der Waals surface area contributed by atoms with Crippen LogP contribution in [0.3, 0.4) is 0 Å². The smallest absolute Gasteiger partial charge is 0.423 e. The normalized spacial score (nSPS) is 14.5. The Bertz CT molecular complexity index is 357. The Hall–Kier alpha value is -1.07. The zero-order valence-corrected chi connectivity index (χ0v) is 7.63. The standard InChI is InChI=1S/C9H11BFNO2/c11-8-7(10(13)14)4-3-6-2-1-5-12-9(6)8/h3-4,12-14H,1-2,5H2. The third-order valence-corrected chi connectivity index (χ3v) is 2.46. The van der Waals surface area contributed by atoms with Gasteiger partial charge in [-0.05, 0) is 18.4 Å². The van der Waals surface area contributed by atoms with Crippen LogP contribution in [0, 0.1) is 5.82 Å². The molecule has 14 heavy (non-hydrogen) atoms. The van der Waals surface area contributed by atoms with Gasteiger partial charge in [0.15, 0.2) is 0 Å². The van der Waals surface area contributed by atoms with E-state index in [9.17, 15) is 4.39 Å². The van der Waals surface area contributed by atoms with Crippen molar-refractivity contribution in [1.82, 2.24) is 0 Å². The van der Waals surface area contributed by atoms with Crippen LogP contribution in [0.1, 0.15) is 12.0 Å². The number of aryl methyl sites for hydroxylation is 1. The minimum Gasteiger partial charge on any atom is -0.423 e. The van der Waals surface area contributed by atoms with Crippen LogP contribution in [0.5, 0.6) is 0 Å². The molecule has 1 aliphatic rings. The van der Waals surface area contributed by atoms with Gasteiger partial charge in [-0.2, -0.15) is 0 Å². The molecule has 0 fully saturated rings. The van der Waals surface area contributed by atoms with E-state index in [1.54, 1.807) is 6.07 Å². The Morgan fingerprint density at radius 3 is 2.86 bits per heavy atom. The molecule has 74 valence electrons. The second-order valence-electron chi connectivity index (χ2n) is 3.41. The second-order valence-corrected chi connectivity index (χ2v) is 3.41. The highest BCUT2D eigenvalue weighted by Crippen LogP contribution is 2.23. The number of nitrogens with one attached hydrogen (secondary N) is 1. The summed E-state index contributed by atoms with van der Waals surface area (Å²) in [6, 6.07) is 3.16. The molecule has 0 aliphatic carbocycles. The number of hydrogen-bond donors (Lipinski definition) is 3. The van der Waals surface area contributed by atoms with Crippen LogP contribution in [0.25, 0.3) is 0 Å². The average molecular weight is 195 g/mol. The summed E-state index contributed by atoms with van der Waals surface area (Å²) in [7, 11) is -1.75. The molecule has 3 N–H and O–H groups in total. The molecule has 0 atom stereocenters. The number of halogens is 1. The Kier molecular flexibility index (Phi) is 2.43. The predicted molar refractivity (Wildman–Crippen MR) is 53.0 cm³/mol. The third kappa shape index (κ3) is 1.49. The van der Waals surface area contributed by atoms with Crippen molar-refractivity contribution in [3.8, 4) is 0 Å². The van der Waals surface area contributed by atoms with Crippen LogP contribution >= 0.6 is 0 Å². The summed E-state index contributed by atoms with van der Waals surface area (Å²) in [5, 5.41) is 20.7. The molecule has 1 aromatic rings. The van der Waals surface area contributed by atoms with Crippen LogP contribution in [0.4, 0.5) is 10.1 Å². The van der Waals surface area contributed by atoms with E-state index in [1.165, 1.54) is 6.07 Å². The van der Waals surface area contributed by atoms with Crippen LogP contribution in [-0.4, -0.2) is 23.7 Å². The van der Waals surface area contributed by atoms with Crippen molar-refractivity contribution in [3.63, 3.8) is 0 Å². The van der Waals surface area contributed by atoms with Crippen molar-refractivity contribution in [2.24, 2.45) is 0 Å². The molecule has 0 bridgehead atoms. The number of hydrogen-bond acceptors (Lipinski definition) is 3. The molecule has 0 amide bonds. The Labute approximate surface area is 81.7 Å². The molecular formula is C9H11BFNO2. The van der Waals surface area contributed by atoms with Gasteiger partial charge in [-0.1, -0.05) is 12.1 Å². The van der Waals surface area contributed by atoms with E-state index in [1.807, 2.05) is 0 Å². The molecular weight excluding hydrogens is 184 g/mol. The first-order valence-corrected chi connectivity index (χ1v) is 4.61. The van der Waals surface area contributed by atoms with Gasteiger partial charge in [-0.15, -0.1) is 0 Å². The second kappa shape index (κ2) is 3.59. The quantitative estimate of drug-likeness (QED) is 0.547. The van der Waals surface area contributed by atoms with Crippen LogP contribution in [-0.2, 0) is 6.42 Å². The molecule has 2 rings (SSSR count). The molecule has 0 saturated heterocycles. The van der Waals surface area contributed by atoms with Gasteiger partial charge in [0.05, 0.1) is 5.69 Å². The number of fused-ring (bicyclic) bond motifs is 1. The SMILES string of the molecule is OB(O)c1ccc2c(c1F)NCCC2. The monoisotopic (exact) mass is 195 g/mol. The minimum absolute atomic E-state index is 0.0712. The number of rotatable bonds is 1. The molecule has 1 heterocycles. The topological polar surface area (TPSA) is 52.5 Å². The van der Waals surface area contributed by atoms with E-state index in [4.69, 9.17) is 10.0 Å². The van der Waals surface area contributed by atoms with Gasteiger partial charge >= 0.3 is 7.12 Å². The zero-order valence-electron chi connectivity index (χ0n) is 7.63. The highest BCUT2D eigenvalue weighted by atomic mass is 19.1. The van der Waals surface area contributed by atoms with Crippen molar-refractivity contribution < 1.29 is 14.4 Å². The Balaban J connectivity index is 2.49. The Morgan fingerprint density at radius 1 is 1.36 bits per heavy atom. The largest absolute Gasteiger partial charge is 0.491 e. The van der Waals surface area contributed by atoms with Crippen LogP contribution in [0.15, 0.2) is 12.1 Å². The molecule has 0 radical (unpaired) electrons. The third-order valence-electron chi connectivity index (χ3n) is 2.46. The fraction of sp³-hybridized carbons (Fsp3) is 0.333. The average Bonchev–Trinajstić information content (AvgIpc) is 2.18. The van der Waals surface area contributed by atoms with E-state index in [0.717, 1.165) is 24.9 Å². The maximum absolute atomic E-state index is 13.6. The summed E-state index contributed by atoms with van der Waals surface area (Å²) in [6.07, 6.45) is 1.81. The van der Waals surface area contributed by atoms with Crippen molar-refractivity contribution >= 4 is 18.3 Å². The lowest BCUT2D eigenvalue weighted by Crippen LogP contribution is -2.34. The first-order chi connectivity index (χ1) is 6.70. The minimum atomic E-state index is -1.75. The van der Waals surface area contributed by atoms with Crippen molar-refractivity contribution in [2.75, 3.05) is 11.9 Å². The van der Waals surface area contributed by atoms with E-state index in [0.29, 0.717) is 5.69 Å². The molecule has 1 aromatic carbocycles. The lowest BCUT2D eigenvalue weighted by Gasteiger charge is -2.19. The lowest BCUT2D eigenvalue weighted by atomic mass is 9.78. The van der Waals surface area contributed by atoms with Gasteiger partial charge in [-0.25, -0.2) is 4.39 Å². The van der Waals surface area contributed by atoms with Crippen molar-refractivity contribution in [1.29, 1.82) is 0 Å². The first kappa shape index (κ1) is 9.49. The molecule has 0 spiro atoms. The summed E-state index contributed by atoms with van der Waals surface area (Å²) in [5.74, 6) is -0.544.